The van der Waals surface area contributed by atoms with Gasteiger partial charge >= 0.3 is 12.5 Å². The van der Waals surface area contributed by atoms with E-state index in [1.165, 1.54) is 12.3 Å². The number of hydrogen-bond acceptors (Lipinski definition) is 6. The van der Waals surface area contributed by atoms with Gasteiger partial charge in [-0.25, -0.2) is 8.42 Å². The van der Waals surface area contributed by atoms with E-state index in [-0.39, 0.29) is 29.4 Å². The Kier molecular flexibility index (Phi) is 6.35. The Labute approximate surface area is 200 Å². The second-order valence-corrected chi connectivity index (χ2v) is 11.8. The molecule has 2 aromatic heterocycles. The van der Waals surface area contributed by atoms with Crippen LogP contribution in [0.5, 0.6) is 5.75 Å². The summed E-state index contributed by atoms with van der Waals surface area (Å²) in [6, 6.07) is 1.11. The molecule has 1 fully saturated rings. The molecule has 2 aromatic rings. The van der Waals surface area contributed by atoms with Gasteiger partial charge in [0, 0.05) is 41.4 Å². The summed E-state index contributed by atoms with van der Waals surface area (Å²) >= 11 is 0. The van der Waals surface area contributed by atoms with E-state index >= 15 is 0 Å². The first-order valence-electron chi connectivity index (χ1n) is 11.1. The third-order valence-electron chi connectivity index (χ3n) is 6.16. The summed E-state index contributed by atoms with van der Waals surface area (Å²) in [4.78, 5) is 16.8. The van der Waals surface area contributed by atoms with Gasteiger partial charge in [0.2, 0.25) is 5.91 Å². The van der Waals surface area contributed by atoms with Crippen LogP contribution in [0.25, 0.3) is 11.3 Å². The maximum absolute atomic E-state index is 13.4. The highest BCUT2D eigenvalue weighted by Gasteiger charge is 2.47. The van der Waals surface area contributed by atoms with Gasteiger partial charge in [0.15, 0.2) is 9.84 Å². The number of amides is 1. The first kappa shape index (κ1) is 25.4. The van der Waals surface area contributed by atoms with Crippen LogP contribution in [-0.2, 0) is 27.5 Å². The number of nitrogens with one attached hydrogen (secondary N) is 1. The van der Waals surface area contributed by atoms with E-state index in [1.807, 2.05) is 13.8 Å². The highest BCUT2D eigenvalue weighted by atomic mass is 32.2. The Balaban J connectivity index is 1.59. The monoisotopic (exact) mass is 518 g/mol. The van der Waals surface area contributed by atoms with E-state index in [4.69, 9.17) is 0 Å². The molecule has 192 valence electrons. The highest BCUT2D eigenvalue weighted by Crippen LogP contribution is 2.37. The Morgan fingerprint density at radius 2 is 1.97 bits per heavy atom. The number of fused-ring (bicyclic) bond motifs is 1. The quantitative estimate of drug-likeness (QED) is 0.565. The van der Waals surface area contributed by atoms with Crippen molar-refractivity contribution in [3.63, 3.8) is 0 Å². The number of alkyl halides is 4. The summed E-state index contributed by atoms with van der Waals surface area (Å²) in [5, 5.41) is 7.49. The molecule has 0 aromatic carbocycles. The first-order chi connectivity index (χ1) is 16.2. The van der Waals surface area contributed by atoms with Crippen LogP contribution in [0.15, 0.2) is 18.5 Å². The van der Waals surface area contributed by atoms with Crippen LogP contribution in [0.4, 0.5) is 17.6 Å². The SMILES string of the molecule is CC(C)n1nc(-c2cncc(OC(F)(F)C(F)F)c2)c2c1C[C@H](C(=O)NC1(C)CS(=O)(=O)C1)CC2. The molecule has 1 saturated heterocycles. The van der Waals surface area contributed by atoms with Gasteiger partial charge in [-0.3, -0.25) is 14.5 Å². The topological polar surface area (TPSA) is 103 Å². The minimum Gasteiger partial charge on any atom is -0.427 e. The molecule has 8 nitrogen and oxygen atoms in total. The van der Waals surface area contributed by atoms with Gasteiger partial charge in [-0.05, 0) is 39.7 Å². The van der Waals surface area contributed by atoms with Crippen LogP contribution in [-0.4, -0.2) is 58.7 Å². The minimum atomic E-state index is -4.66. The molecule has 4 rings (SSSR count). The van der Waals surface area contributed by atoms with Gasteiger partial charge in [-0.15, -0.1) is 0 Å². The second-order valence-electron chi connectivity index (χ2n) is 9.71. The summed E-state index contributed by atoms with van der Waals surface area (Å²) in [5.74, 6) is -1.31. The molecule has 0 saturated carbocycles. The van der Waals surface area contributed by atoms with Gasteiger partial charge < -0.3 is 10.1 Å². The Morgan fingerprint density at radius 1 is 1.29 bits per heavy atom. The third kappa shape index (κ3) is 5.14. The molecule has 1 amide bonds. The van der Waals surface area contributed by atoms with Crippen molar-refractivity contribution in [2.75, 3.05) is 11.5 Å². The fraction of sp³-hybridized carbons (Fsp3) is 0.591. The van der Waals surface area contributed by atoms with Crippen molar-refractivity contribution in [2.45, 2.75) is 64.1 Å². The lowest BCUT2D eigenvalue weighted by molar-refractivity contribution is -0.253. The fourth-order valence-electron chi connectivity index (χ4n) is 4.73. The van der Waals surface area contributed by atoms with E-state index in [9.17, 15) is 30.8 Å². The predicted octanol–water partition coefficient (Wildman–Crippen LogP) is 3.17. The van der Waals surface area contributed by atoms with Crippen LogP contribution in [0.1, 0.15) is 44.5 Å². The summed E-state index contributed by atoms with van der Waals surface area (Å²) < 4.78 is 80.8. The number of sulfone groups is 1. The van der Waals surface area contributed by atoms with Crippen LogP contribution < -0.4 is 10.1 Å². The number of hydrogen-bond donors (Lipinski definition) is 1. The Hall–Kier alpha value is -2.70. The zero-order chi connectivity index (χ0) is 25.8. The van der Waals surface area contributed by atoms with E-state index in [0.29, 0.717) is 30.5 Å². The highest BCUT2D eigenvalue weighted by molar-refractivity contribution is 7.93. The van der Waals surface area contributed by atoms with Crippen LogP contribution in [0.2, 0.25) is 0 Å². The fourth-order valence-corrected chi connectivity index (χ4v) is 6.73. The smallest absolute Gasteiger partial charge is 0.427 e. The van der Waals surface area contributed by atoms with E-state index < -0.39 is 33.7 Å². The molecule has 0 spiro atoms. The molecular formula is C22H26F4N4O4S. The van der Waals surface area contributed by atoms with Gasteiger partial charge in [-0.2, -0.15) is 22.7 Å². The molecule has 3 heterocycles. The van der Waals surface area contributed by atoms with Gasteiger partial charge in [0.05, 0.1) is 28.9 Å². The summed E-state index contributed by atoms with van der Waals surface area (Å²) in [6.07, 6.45) is -5.04. The average Bonchev–Trinajstić information content (AvgIpc) is 3.11. The summed E-state index contributed by atoms with van der Waals surface area (Å²) in [7, 11) is -3.11. The van der Waals surface area contributed by atoms with Crippen molar-refractivity contribution in [1.29, 1.82) is 0 Å². The van der Waals surface area contributed by atoms with Crippen molar-refractivity contribution >= 4 is 15.7 Å². The van der Waals surface area contributed by atoms with E-state index in [0.717, 1.165) is 17.5 Å². The number of pyridine rings is 1. The summed E-state index contributed by atoms with van der Waals surface area (Å²) in [5.41, 5.74) is 1.64. The van der Waals surface area contributed by atoms with Crippen molar-refractivity contribution in [1.82, 2.24) is 20.1 Å². The normalized spacial score (nSPS) is 20.9. The van der Waals surface area contributed by atoms with Crippen LogP contribution >= 0.6 is 0 Å². The molecule has 2 aliphatic rings. The molecule has 0 unspecified atom stereocenters. The maximum atomic E-state index is 13.4. The van der Waals surface area contributed by atoms with E-state index in [2.05, 4.69) is 20.1 Å². The molecule has 1 aliphatic heterocycles. The molecule has 0 radical (unpaired) electrons. The number of ether oxygens (including phenoxy) is 1. The molecular weight excluding hydrogens is 492 g/mol. The average molecular weight is 519 g/mol. The van der Waals surface area contributed by atoms with E-state index in [1.54, 1.807) is 11.6 Å². The van der Waals surface area contributed by atoms with Crippen LogP contribution in [0, 0.1) is 5.92 Å². The largest absolute Gasteiger partial charge is 0.461 e. The maximum Gasteiger partial charge on any atom is 0.461 e. The summed E-state index contributed by atoms with van der Waals surface area (Å²) in [6.45, 7) is 5.51. The lowest BCUT2D eigenvalue weighted by atomic mass is 9.84. The van der Waals surface area contributed by atoms with Crippen LogP contribution in [0.3, 0.4) is 0 Å². The first-order valence-corrected chi connectivity index (χ1v) is 12.9. The van der Waals surface area contributed by atoms with Gasteiger partial charge in [0.25, 0.3) is 0 Å². The van der Waals surface area contributed by atoms with Crippen molar-refractivity contribution in [2.24, 2.45) is 5.92 Å². The van der Waals surface area contributed by atoms with Gasteiger partial charge in [0.1, 0.15) is 5.75 Å². The number of nitrogens with zero attached hydrogens (tertiary/aromatic N) is 3. The number of carbonyl (C=O) groups excluding carboxylic acids is 1. The third-order valence-corrected chi connectivity index (χ3v) is 8.31. The Bertz CT molecular complexity index is 1230. The number of aromatic nitrogens is 3. The second kappa shape index (κ2) is 8.75. The Morgan fingerprint density at radius 3 is 2.57 bits per heavy atom. The lowest BCUT2D eigenvalue weighted by Gasteiger charge is -2.39. The molecule has 1 N–H and O–H groups in total. The van der Waals surface area contributed by atoms with Crippen molar-refractivity contribution < 1.29 is 35.5 Å². The van der Waals surface area contributed by atoms with Crippen molar-refractivity contribution in [3.8, 4) is 17.0 Å². The number of rotatable bonds is 7. The standard InChI is InChI=1S/C22H26F4N4O4S/c1-12(2)30-17-7-13(19(31)28-21(3)10-35(32,33)11-21)4-5-16(17)18(29-30)14-6-15(9-27-8-14)34-22(25,26)20(23)24/h6,8-9,12-13,20H,4-5,7,10-11H2,1-3H3,(H,28,31)/t13-/m1/s1. The number of carbonyl (C=O) groups is 1. The predicted molar refractivity (Wildman–Crippen MR) is 118 cm³/mol. The number of halogens is 4. The van der Waals surface area contributed by atoms with Crippen molar-refractivity contribution in [3.05, 3.63) is 29.7 Å². The minimum absolute atomic E-state index is 0.0795. The zero-order valence-corrected chi connectivity index (χ0v) is 20.2. The molecule has 35 heavy (non-hydrogen) atoms. The molecule has 1 atom stereocenters. The lowest BCUT2D eigenvalue weighted by Crippen LogP contribution is -2.64. The molecule has 1 aliphatic carbocycles. The molecule has 13 heteroatoms. The van der Waals surface area contributed by atoms with Gasteiger partial charge in [-0.1, -0.05) is 0 Å². The molecule has 0 bridgehead atoms. The zero-order valence-electron chi connectivity index (χ0n) is 19.4.